The van der Waals surface area contributed by atoms with Gasteiger partial charge in [-0.3, -0.25) is 4.79 Å². The molecule has 3 N–H and O–H groups in total. The number of fused-ring (bicyclic) bond motifs is 1. The molecular formula is C23H26N4O2. The third kappa shape index (κ3) is 4.11. The molecule has 6 nitrogen and oxygen atoms in total. The molecule has 1 aromatic heterocycles. The van der Waals surface area contributed by atoms with E-state index in [0.717, 1.165) is 33.4 Å². The van der Waals surface area contributed by atoms with Crippen molar-refractivity contribution in [3.8, 4) is 0 Å². The summed E-state index contributed by atoms with van der Waals surface area (Å²) in [5.74, 6) is 0.0341. The highest BCUT2D eigenvalue weighted by Crippen LogP contribution is 2.24. The highest BCUT2D eigenvalue weighted by Gasteiger charge is 2.31. The summed E-state index contributed by atoms with van der Waals surface area (Å²) in [6, 6.07) is 13.7. The molecule has 1 fully saturated rings. The second-order valence-corrected chi connectivity index (χ2v) is 7.87. The highest BCUT2D eigenvalue weighted by molar-refractivity contribution is 5.97. The van der Waals surface area contributed by atoms with Gasteiger partial charge in [0.15, 0.2) is 0 Å². The van der Waals surface area contributed by atoms with Gasteiger partial charge in [0.25, 0.3) is 0 Å². The van der Waals surface area contributed by atoms with Crippen LogP contribution in [0.4, 0.5) is 10.5 Å². The van der Waals surface area contributed by atoms with Crippen LogP contribution in [0.3, 0.4) is 0 Å². The Bertz CT molecular complexity index is 1090. The molecule has 0 bridgehead atoms. The van der Waals surface area contributed by atoms with Crippen LogP contribution in [0.5, 0.6) is 0 Å². The summed E-state index contributed by atoms with van der Waals surface area (Å²) in [5.41, 5.74) is 6.47. The Hall–Kier alpha value is -3.28. The summed E-state index contributed by atoms with van der Waals surface area (Å²) in [4.78, 5) is 29.8. The summed E-state index contributed by atoms with van der Waals surface area (Å²) in [6.45, 7) is 7.04. The largest absolute Gasteiger partial charge is 0.359 e. The molecule has 1 aliphatic heterocycles. The Kier molecular flexibility index (Phi) is 5.01. The average Bonchev–Trinajstić information content (AvgIpc) is 3.23. The Morgan fingerprint density at radius 3 is 2.72 bits per heavy atom. The number of H-pyrrole nitrogens is 1. The fourth-order valence-corrected chi connectivity index (χ4v) is 3.80. The molecule has 1 saturated heterocycles. The van der Waals surface area contributed by atoms with Crippen molar-refractivity contribution in [3.63, 3.8) is 0 Å². The predicted octanol–water partition coefficient (Wildman–Crippen LogP) is 3.70. The van der Waals surface area contributed by atoms with Crippen LogP contribution in [0.2, 0.25) is 0 Å². The van der Waals surface area contributed by atoms with Gasteiger partial charge in [0, 0.05) is 36.4 Å². The maximum atomic E-state index is 12.4. The SMILES string of the molecule is Cc1cc2cc(CNC(=O)NC3CC(=O)N(c4ccc(C)c(C)c4)C3)ccc2[nH]1. The lowest BCUT2D eigenvalue weighted by Crippen LogP contribution is -2.43. The number of amides is 3. The van der Waals surface area contributed by atoms with E-state index in [9.17, 15) is 9.59 Å². The van der Waals surface area contributed by atoms with Crippen molar-refractivity contribution in [2.24, 2.45) is 0 Å². The zero-order chi connectivity index (χ0) is 20.5. The minimum Gasteiger partial charge on any atom is -0.359 e. The molecule has 29 heavy (non-hydrogen) atoms. The predicted molar refractivity (Wildman–Crippen MR) is 115 cm³/mol. The van der Waals surface area contributed by atoms with Crippen molar-refractivity contribution < 1.29 is 9.59 Å². The standard InChI is InChI=1S/C23H26N4O2/c1-14-4-6-20(8-15(14)2)27-13-19(11-22(27)28)26-23(29)24-12-17-5-7-21-18(10-17)9-16(3)25-21/h4-10,19,25H,11-13H2,1-3H3,(H2,24,26,29). The van der Waals surface area contributed by atoms with Crippen LogP contribution >= 0.6 is 0 Å². The smallest absolute Gasteiger partial charge is 0.315 e. The summed E-state index contributed by atoms with van der Waals surface area (Å²) < 4.78 is 0. The van der Waals surface area contributed by atoms with E-state index in [1.54, 1.807) is 4.90 Å². The Morgan fingerprint density at radius 2 is 1.93 bits per heavy atom. The first kappa shape index (κ1) is 19.1. The van der Waals surface area contributed by atoms with Crippen LogP contribution < -0.4 is 15.5 Å². The van der Waals surface area contributed by atoms with Gasteiger partial charge in [-0.1, -0.05) is 12.1 Å². The molecule has 3 aromatic rings. The van der Waals surface area contributed by atoms with Gasteiger partial charge >= 0.3 is 6.03 Å². The van der Waals surface area contributed by atoms with Gasteiger partial charge in [-0.05, 0) is 73.2 Å². The van der Waals surface area contributed by atoms with Gasteiger partial charge in [-0.15, -0.1) is 0 Å². The first-order chi connectivity index (χ1) is 13.9. The summed E-state index contributed by atoms with van der Waals surface area (Å²) in [5, 5.41) is 6.95. The lowest BCUT2D eigenvalue weighted by Gasteiger charge is -2.18. The molecule has 150 valence electrons. The van der Waals surface area contributed by atoms with E-state index in [0.29, 0.717) is 19.5 Å². The van der Waals surface area contributed by atoms with Crippen molar-refractivity contribution >= 4 is 28.5 Å². The Morgan fingerprint density at radius 1 is 1.10 bits per heavy atom. The molecule has 2 aromatic carbocycles. The number of hydrogen-bond donors (Lipinski definition) is 3. The van der Waals surface area contributed by atoms with Crippen molar-refractivity contribution in [2.45, 2.75) is 39.8 Å². The Balaban J connectivity index is 1.33. The molecule has 1 atom stereocenters. The maximum Gasteiger partial charge on any atom is 0.315 e. The fourth-order valence-electron chi connectivity index (χ4n) is 3.80. The van der Waals surface area contributed by atoms with E-state index in [2.05, 4.69) is 34.7 Å². The second kappa shape index (κ2) is 7.62. The van der Waals surface area contributed by atoms with Crippen LogP contribution in [0.15, 0.2) is 42.5 Å². The summed E-state index contributed by atoms with van der Waals surface area (Å²) >= 11 is 0. The number of nitrogens with zero attached hydrogens (tertiary/aromatic N) is 1. The number of benzene rings is 2. The number of hydrogen-bond acceptors (Lipinski definition) is 2. The zero-order valence-electron chi connectivity index (χ0n) is 17.0. The molecule has 1 unspecified atom stereocenters. The van der Waals surface area contributed by atoms with Gasteiger partial charge in [0.1, 0.15) is 0 Å². The molecular weight excluding hydrogens is 364 g/mol. The number of aryl methyl sites for hydroxylation is 3. The molecule has 6 heteroatoms. The summed E-state index contributed by atoms with van der Waals surface area (Å²) in [7, 11) is 0. The minimum atomic E-state index is -0.255. The van der Waals surface area contributed by atoms with Crippen molar-refractivity contribution in [2.75, 3.05) is 11.4 Å². The van der Waals surface area contributed by atoms with E-state index in [4.69, 9.17) is 0 Å². The van der Waals surface area contributed by atoms with Gasteiger partial charge in [-0.25, -0.2) is 4.79 Å². The van der Waals surface area contributed by atoms with Crippen LogP contribution in [0.1, 0.15) is 28.8 Å². The van der Waals surface area contributed by atoms with Crippen LogP contribution in [0.25, 0.3) is 10.9 Å². The van der Waals surface area contributed by atoms with Gasteiger partial charge < -0.3 is 20.5 Å². The quantitative estimate of drug-likeness (QED) is 0.635. The molecule has 1 aliphatic rings. The third-order valence-electron chi connectivity index (χ3n) is 5.54. The Labute approximate surface area is 170 Å². The van der Waals surface area contributed by atoms with E-state index in [-0.39, 0.29) is 18.0 Å². The summed E-state index contributed by atoms with van der Waals surface area (Å²) in [6.07, 6.45) is 0.314. The molecule has 4 rings (SSSR count). The number of nitrogens with one attached hydrogen (secondary N) is 3. The lowest BCUT2D eigenvalue weighted by atomic mass is 10.1. The number of aromatic nitrogens is 1. The number of anilines is 1. The first-order valence-corrected chi connectivity index (χ1v) is 9.89. The molecule has 0 spiro atoms. The normalized spacial score (nSPS) is 16.4. The van der Waals surface area contributed by atoms with Crippen LogP contribution in [-0.4, -0.2) is 29.5 Å². The van der Waals surface area contributed by atoms with Gasteiger partial charge in [0.05, 0.1) is 6.04 Å². The maximum absolute atomic E-state index is 12.4. The van der Waals surface area contributed by atoms with E-state index in [1.807, 2.05) is 44.2 Å². The van der Waals surface area contributed by atoms with E-state index >= 15 is 0 Å². The van der Waals surface area contributed by atoms with Crippen molar-refractivity contribution in [1.82, 2.24) is 15.6 Å². The van der Waals surface area contributed by atoms with Crippen LogP contribution in [-0.2, 0) is 11.3 Å². The van der Waals surface area contributed by atoms with Crippen molar-refractivity contribution in [3.05, 3.63) is 64.8 Å². The number of rotatable bonds is 4. The van der Waals surface area contributed by atoms with Crippen molar-refractivity contribution in [1.29, 1.82) is 0 Å². The fraction of sp³-hybridized carbons (Fsp3) is 0.304. The topological polar surface area (TPSA) is 77.2 Å². The highest BCUT2D eigenvalue weighted by atomic mass is 16.2. The molecule has 0 saturated carbocycles. The number of carbonyl (C=O) groups is 2. The minimum absolute atomic E-state index is 0.0341. The average molecular weight is 390 g/mol. The van der Waals surface area contributed by atoms with E-state index < -0.39 is 0 Å². The second-order valence-electron chi connectivity index (χ2n) is 7.87. The number of aromatic amines is 1. The van der Waals surface area contributed by atoms with Gasteiger partial charge in [-0.2, -0.15) is 0 Å². The number of carbonyl (C=O) groups excluding carboxylic acids is 2. The van der Waals surface area contributed by atoms with Gasteiger partial charge in [0.2, 0.25) is 5.91 Å². The zero-order valence-corrected chi connectivity index (χ0v) is 17.0. The monoisotopic (exact) mass is 390 g/mol. The van der Waals surface area contributed by atoms with Crippen LogP contribution in [0, 0.1) is 20.8 Å². The van der Waals surface area contributed by atoms with E-state index in [1.165, 1.54) is 5.56 Å². The first-order valence-electron chi connectivity index (χ1n) is 9.89. The third-order valence-corrected chi connectivity index (χ3v) is 5.54. The molecule has 0 aliphatic carbocycles. The molecule has 2 heterocycles. The molecule has 3 amide bonds. The lowest BCUT2D eigenvalue weighted by molar-refractivity contribution is -0.117. The molecule has 0 radical (unpaired) electrons. The number of urea groups is 1.